The summed E-state index contributed by atoms with van der Waals surface area (Å²) in [6, 6.07) is 1.10. The molecule has 1 unspecified atom stereocenters. The zero-order valence-electron chi connectivity index (χ0n) is 18.4. The number of fused-ring (bicyclic) bond motifs is 3. The Bertz CT molecular complexity index is 1120. The third-order valence-electron chi connectivity index (χ3n) is 7.18. The summed E-state index contributed by atoms with van der Waals surface area (Å²) in [6.45, 7) is 1.49. The molecule has 0 heterocycles. The van der Waals surface area contributed by atoms with E-state index in [1.807, 2.05) is 0 Å². The summed E-state index contributed by atoms with van der Waals surface area (Å²) < 4.78 is 14.9. The number of aliphatic hydroxyl groups is 3. The van der Waals surface area contributed by atoms with Gasteiger partial charge in [-0.3, -0.25) is 9.59 Å². The normalized spacial score (nSPS) is 29.8. The Morgan fingerprint density at radius 2 is 1.91 bits per heavy atom. The molecule has 4 rings (SSSR count). The Labute approximate surface area is 184 Å². The summed E-state index contributed by atoms with van der Waals surface area (Å²) in [5.74, 6) is -4.48. The summed E-state index contributed by atoms with van der Waals surface area (Å²) in [5.41, 5.74) is -4.27. The molecule has 0 bridgehead atoms. The van der Waals surface area contributed by atoms with Crippen molar-refractivity contribution in [3.63, 3.8) is 0 Å². The quantitative estimate of drug-likeness (QED) is 0.447. The minimum Gasteiger partial charge on any atom is -0.512 e. The molecule has 172 valence electrons. The SMILES string of the molecule is CNc1cc(F)c2c(c1O)C(=O)C1=C(O)[C@]3(O)C(=O)C(C)=C(O)C[C@]3(CN(C)C)CC1C2. The number of Topliss-reactive ketones (excluding diaryl/α,β-unsaturated/α-hetero) is 2. The van der Waals surface area contributed by atoms with Gasteiger partial charge in [-0.1, -0.05) is 0 Å². The van der Waals surface area contributed by atoms with E-state index in [-0.39, 0.29) is 59.5 Å². The van der Waals surface area contributed by atoms with Gasteiger partial charge in [-0.2, -0.15) is 0 Å². The van der Waals surface area contributed by atoms with Crippen LogP contribution in [0.5, 0.6) is 5.75 Å². The van der Waals surface area contributed by atoms with E-state index < -0.39 is 45.8 Å². The van der Waals surface area contributed by atoms with Crippen molar-refractivity contribution < 1.29 is 34.4 Å². The second-order valence-corrected chi connectivity index (χ2v) is 9.36. The molecular formula is C23H27FN2O6. The number of hydrogen-bond donors (Lipinski definition) is 5. The molecule has 9 heteroatoms. The van der Waals surface area contributed by atoms with Gasteiger partial charge in [-0.05, 0) is 39.8 Å². The number of phenolic OH excluding ortho intramolecular Hbond substituents is 1. The van der Waals surface area contributed by atoms with Gasteiger partial charge in [-0.25, -0.2) is 4.39 Å². The van der Waals surface area contributed by atoms with Crippen LogP contribution in [-0.2, 0) is 11.2 Å². The molecule has 32 heavy (non-hydrogen) atoms. The van der Waals surface area contributed by atoms with Gasteiger partial charge in [0.1, 0.15) is 17.3 Å². The van der Waals surface area contributed by atoms with Gasteiger partial charge in [-0.15, -0.1) is 0 Å². The second kappa shape index (κ2) is 7.05. The van der Waals surface area contributed by atoms with Crippen LogP contribution in [0.15, 0.2) is 28.7 Å². The van der Waals surface area contributed by atoms with Gasteiger partial charge in [0.05, 0.1) is 17.0 Å². The number of anilines is 1. The first-order valence-corrected chi connectivity index (χ1v) is 10.4. The molecule has 0 aromatic heterocycles. The number of allylic oxidation sites excluding steroid dienone is 2. The third-order valence-corrected chi connectivity index (χ3v) is 7.18. The Balaban J connectivity index is 1.99. The number of nitrogens with zero attached hydrogens (tertiary/aromatic N) is 1. The van der Waals surface area contributed by atoms with Crippen molar-refractivity contribution in [1.29, 1.82) is 0 Å². The van der Waals surface area contributed by atoms with Gasteiger partial charge in [0, 0.05) is 48.2 Å². The van der Waals surface area contributed by atoms with Gasteiger partial charge in [0.25, 0.3) is 0 Å². The van der Waals surface area contributed by atoms with E-state index in [9.17, 15) is 34.4 Å². The lowest BCUT2D eigenvalue weighted by molar-refractivity contribution is -0.160. The van der Waals surface area contributed by atoms with Crippen LogP contribution in [0.2, 0.25) is 0 Å². The number of aromatic hydroxyl groups is 1. The Kier molecular flexibility index (Phi) is 4.91. The lowest BCUT2D eigenvalue weighted by Gasteiger charge is -2.54. The first-order valence-electron chi connectivity index (χ1n) is 10.4. The number of carbonyl (C=O) groups excluding carboxylic acids is 2. The number of rotatable bonds is 3. The van der Waals surface area contributed by atoms with E-state index in [2.05, 4.69) is 5.32 Å². The predicted molar refractivity (Wildman–Crippen MR) is 114 cm³/mol. The van der Waals surface area contributed by atoms with Crippen molar-refractivity contribution in [2.45, 2.75) is 31.8 Å². The van der Waals surface area contributed by atoms with Crippen LogP contribution < -0.4 is 5.32 Å². The van der Waals surface area contributed by atoms with E-state index in [0.717, 1.165) is 6.07 Å². The first-order chi connectivity index (χ1) is 14.9. The third kappa shape index (κ3) is 2.67. The summed E-state index contributed by atoms with van der Waals surface area (Å²) >= 11 is 0. The van der Waals surface area contributed by atoms with Crippen LogP contribution in [0.4, 0.5) is 10.1 Å². The molecule has 8 nitrogen and oxygen atoms in total. The Morgan fingerprint density at radius 1 is 1.25 bits per heavy atom. The smallest absolute Gasteiger partial charge is 0.201 e. The molecular weight excluding hydrogens is 419 g/mol. The molecule has 0 saturated heterocycles. The van der Waals surface area contributed by atoms with Crippen molar-refractivity contribution in [2.24, 2.45) is 11.3 Å². The average molecular weight is 446 g/mol. The number of aliphatic hydroxyl groups excluding tert-OH is 2. The largest absolute Gasteiger partial charge is 0.512 e. The molecule has 0 spiro atoms. The fraction of sp³-hybridized carbons (Fsp3) is 0.478. The highest BCUT2D eigenvalue weighted by Crippen LogP contribution is 2.58. The fourth-order valence-corrected chi connectivity index (χ4v) is 5.77. The highest BCUT2D eigenvalue weighted by Gasteiger charge is 2.66. The number of carbonyl (C=O) groups is 2. The lowest BCUT2D eigenvalue weighted by Crippen LogP contribution is -2.65. The minimum absolute atomic E-state index is 0.00718. The Hall–Kier alpha value is -2.91. The molecule has 1 aromatic rings. The first kappa shape index (κ1) is 22.3. The molecule has 5 N–H and O–H groups in total. The van der Waals surface area contributed by atoms with E-state index in [0.29, 0.717) is 0 Å². The number of ketones is 2. The average Bonchev–Trinajstić information content (AvgIpc) is 2.71. The molecule has 0 radical (unpaired) electrons. The van der Waals surface area contributed by atoms with Crippen LogP contribution in [0, 0.1) is 17.2 Å². The maximum atomic E-state index is 14.9. The van der Waals surface area contributed by atoms with E-state index in [1.165, 1.54) is 14.0 Å². The van der Waals surface area contributed by atoms with Crippen LogP contribution in [-0.4, -0.2) is 70.2 Å². The summed E-state index contributed by atoms with van der Waals surface area (Å²) in [5, 5.41) is 46.7. The molecule has 1 aromatic carbocycles. The molecule has 0 saturated carbocycles. The van der Waals surface area contributed by atoms with Gasteiger partial charge in [0.2, 0.25) is 5.78 Å². The zero-order chi connectivity index (χ0) is 23.7. The monoisotopic (exact) mass is 446 g/mol. The van der Waals surface area contributed by atoms with Gasteiger partial charge < -0.3 is 30.6 Å². The number of nitrogens with one attached hydrogen (secondary N) is 1. The van der Waals surface area contributed by atoms with Gasteiger partial charge >= 0.3 is 0 Å². The Morgan fingerprint density at radius 3 is 2.50 bits per heavy atom. The maximum absolute atomic E-state index is 14.9. The lowest BCUT2D eigenvalue weighted by atomic mass is 9.52. The van der Waals surface area contributed by atoms with Crippen LogP contribution in [0.1, 0.15) is 35.7 Å². The maximum Gasteiger partial charge on any atom is 0.201 e. The topological polar surface area (TPSA) is 130 Å². The predicted octanol–water partition coefficient (Wildman–Crippen LogP) is 2.23. The van der Waals surface area contributed by atoms with Crippen LogP contribution in [0.3, 0.4) is 0 Å². The molecule has 0 aliphatic heterocycles. The number of phenols is 1. The molecule has 0 fully saturated rings. The molecule has 0 amide bonds. The molecule has 3 aliphatic rings. The number of halogens is 1. The van der Waals surface area contributed by atoms with Crippen molar-refractivity contribution in [2.75, 3.05) is 33.0 Å². The second-order valence-electron chi connectivity index (χ2n) is 9.36. The fourth-order valence-electron chi connectivity index (χ4n) is 5.77. The van der Waals surface area contributed by atoms with Crippen molar-refractivity contribution in [3.8, 4) is 5.75 Å². The molecule has 3 aliphatic carbocycles. The van der Waals surface area contributed by atoms with Crippen molar-refractivity contribution >= 4 is 17.3 Å². The van der Waals surface area contributed by atoms with E-state index in [1.54, 1.807) is 19.0 Å². The molecule has 3 atom stereocenters. The van der Waals surface area contributed by atoms with Crippen LogP contribution >= 0.6 is 0 Å². The number of hydrogen-bond acceptors (Lipinski definition) is 8. The number of benzene rings is 1. The summed E-state index contributed by atoms with van der Waals surface area (Å²) in [4.78, 5) is 28.4. The van der Waals surface area contributed by atoms with Crippen molar-refractivity contribution in [3.05, 3.63) is 45.7 Å². The standard InChI is InChI=1S/C23H27FN2O6/c1-10-15(27)8-22(9-26(3)4)7-11-5-12-13(24)6-14(25-2)18(28)17(12)19(29)16(11)21(31)23(22,32)20(10)30/h6,11,25,27-28,31-32H,5,7-9H2,1-4H3/t11?,22-,23+/m0/s1. The van der Waals surface area contributed by atoms with E-state index in [4.69, 9.17) is 0 Å². The van der Waals surface area contributed by atoms with Gasteiger partial charge in [0.15, 0.2) is 11.4 Å². The summed E-state index contributed by atoms with van der Waals surface area (Å²) in [7, 11) is 4.93. The minimum atomic E-state index is -2.43. The highest BCUT2D eigenvalue weighted by molar-refractivity contribution is 6.16. The summed E-state index contributed by atoms with van der Waals surface area (Å²) in [6.07, 6.45) is -0.0311. The van der Waals surface area contributed by atoms with Crippen LogP contribution in [0.25, 0.3) is 0 Å². The zero-order valence-corrected chi connectivity index (χ0v) is 18.4. The highest BCUT2D eigenvalue weighted by atomic mass is 19.1. The van der Waals surface area contributed by atoms with E-state index >= 15 is 0 Å². The van der Waals surface area contributed by atoms with Crippen molar-refractivity contribution in [1.82, 2.24) is 4.90 Å².